The van der Waals surface area contributed by atoms with Crippen molar-refractivity contribution in [2.75, 3.05) is 14.2 Å². The van der Waals surface area contributed by atoms with Crippen LogP contribution in [0.5, 0.6) is 11.5 Å². The van der Waals surface area contributed by atoms with Crippen LogP contribution in [0.15, 0.2) is 109 Å². The van der Waals surface area contributed by atoms with Crippen molar-refractivity contribution in [1.82, 2.24) is 9.13 Å². The van der Waals surface area contributed by atoms with Crippen molar-refractivity contribution in [3.05, 3.63) is 143 Å². The summed E-state index contributed by atoms with van der Waals surface area (Å²) in [5.74, 6) is -0.276. The van der Waals surface area contributed by atoms with Gasteiger partial charge in [-0.1, -0.05) is 132 Å². The maximum Gasteiger partial charge on any atom is 0.143 e. The molecule has 1 aliphatic rings. The number of hydrogen-bond donors (Lipinski definition) is 2. The van der Waals surface area contributed by atoms with Gasteiger partial charge in [0.15, 0.2) is 0 Å². The zero-order chi connectivity index (χ0) is 46.0. The molecule has 0 bridgehead atoms. The van der Waals surface area contributed by atoms with Gasteiger partial charge in [0.2, 0.25) is 0 Å². The summed E-state index contributed by atoms with van der Waals surface area (Å²) < 4.78 is 16.9. The molecule has 1 fully saturated rings. The van der Waals surface area contributed by atoms with E-state index in [1.54, 1.807) is 14.2 Å². The summed E-state index contributed by atoms with van der Waals surface area (Å²) in [6, 6.07) is 39.1. The lowest BCUT2D eigenvalue weighted by atomic mass is 9.61. The Bertz CT molecular complexity index is 2760. The van der Waals surface area contributed by atoms with Crippen LogP contribution < -0.4 is 0 Å². The average molecular weight is 855 g/mol. The molecule has 2 N–H and O–H groups in total. The lowest BCUT2D eigenvalue weighted by molar-refractivity contribution is -0.131. The number of fused-ring (bicyclic) bond motifs is 6. The van der Waals surface area contributed by atoms with Crippen LogP contribution in [0.4, 0.5) is 0 Å². The lowest BCUT2D eigenvalue weighted by Crippen LogP contribution is -2.54. The van der Waals surface area contributed by atoms with Gasteiger partial charge in [0.25, 0.3) is 0 Å². The molecule has 332 valence electrons. The number of phenolic OH excluding ortho intramolecular Hbond substituents is 2. The van der Waals surface area contributed by atoms with E-state index in [2.05, 4.69) is 165 Å². The van der Waals surface area contributed by atoms with E-state index in [1.165, 1.54) is 22.3 Å². The average Bonchev–Trinajstić information content (AvgIpc) is 3.72. The monoisotopic (exact) mass is 855 g/mol. The second-order valence-electron chi connectivity index (χ2n) is 22.5. The third kappa shape index (κ3) is 6.91. The molecular formula is C58H66N2O4. The fourth-order valence-electron chi connectivity index (χ4n) is 10.4. The van der Waals surface area contributed by atoms with Gasteiger partial charge in [0.05, 0.1) is 45.6 Å². The number of benzene rings is 6. The van der Waals surface area contributed by atoms with E-state index in [0.717, 1.165) is 54.7 Å². The molecule has 1 aliphatic carbocycles. The minimum atomic E-state index is -0.374. The molecule has 0 amide bonds. The topological polar surface area (TPSA) is 68.8 Å². The number of hydrogen-bond acceptors (Lipinski definition) is 4. The molecule has 0 saturated heterocycles. The van der Waals surface area contributed by atoms with E-state index in [9.17, 15) is 10.2 Å². The Hall–Kier alpha value is -5.56. The van der Waals surface area contributed by atoms with Crippen LogP contribution >= 0.6 is 0 Å². The minimum Gasteiger partial charge on any atom is -0.505 e. The largest absolute Gasteiger partial charge is 0.505 e. The van der Waals surface area contributed by atoms with Crippen LogP contribution in [-0.2, 0) is 31.1 Å². The van der Waals surface area contributed by atoms with Gasteiger partial charge >= 0.3 is 0 Å². The summed E-state index contributed by atoms with van der Waals surface area (Å²) in [7, 11) is 3.42. The highest BCUT2D eigenvalue weighted by Crippen LogP contribution is 2.57. The van der Waals surface area contributed by atoms with Gasteiger partial charge in [0, 0.05) is 58.7 Å². The molecular weight excluding hydrogens is 789 g/mol. The molecule has 64 heavy (non-hydrogen) atoms. The van der Waals surface area contributed by atoms with E-state index >= 15 is 0 Å². The molecule has 1 saturated carbocycles. The second kappa shape index (κ2) is 15.0. The first kappa shape index (κ1) is 43.7. The second-order valence-corrected chi connectivity index (χ2v) is 22.5. The van der Waals surface area contributed by atoms with Gasteiger partial charge in [-0.3, -0.25) is 0 Å². The third-order valence-electron chi connectivity index (χ3n) is 14.2. The summed E-state index contributed by atoms with van der Waals surface area (Å²) in [4.78, 5) is 0. The van der Waals surface area contributed by atoms with E-state index in [0.29, 0.717) is 11.4 Å². The first-order valence-corrected chi connectivity index (χ1v) is 22.9. The predicted molar refractivity (Wildman–Crippen MR) is 267 cm³/mol. The van der Waals surface area contributed by atoms with Crippen molar-refractivity contribution in [1.29, 1.82) is 0 Å². The highest BCUT2D eigenvalue weighted by atomic mass is 16.5. The highest BCUT2D eigenvalue weighted by Gasteiger charge is 2.55. The first-order chi connectivity index (χ1) is 30.0. The third-order valence-corrected chi connectivity index (χ3v) is 14.2. The molecule has 6 nitrogen and oxygen atoms in total. The van der Waals surface area contributed by atoms with Gasteiger partial charge < -0.3 is 28.8 Å². The Morgan fingerprint density at radius 1 is 0.391 bits per heavy atom. The first-order valence-electron chi connectivity index (χ1n) is 22.9. The number of rotatable bonds is 6. The molecule has 6 aromatic carbocycles. The lowest BCUT2D eigenvalue weighted by Gasteiger charge is -2.51. The van der Waals surface area contributed by atoms with Gasteiger partial charge in [-0.2, -0.15) is 0 Å². The Kier molecular flexibility index (Phi) is 10.2. The summed E-state index contributed by atoms with van der Waals surface area (Å²) in [5.41, 5.74) is 11.9. The van der Waals surface area contributed by atoms with E-state index < -0.39 is 0 Å². The minimum absolute atomic E-state index is 0.0332. The number of aromatic nitrogens is 2. The summed E-state index contributed by atoms with van der Waals surface area (Å²) >= 11 is 0. The van der Waals surface area contributed by atoms with Crippen molar-refractivity contribution in [3.8, 4) is 22.9 Å². The zero-order valence-electron chi connectivity index (χ0n) is 40.3. The SMILES string of the molecule is CO[C@@H]1C(c2cccc(-n3c4ccc(C(C)(C)C)cc4c4cc(C(C)(C)C)ccc43)c2O)C(c2cccc(-n3c4ccc(C(C)(C)C)cc4c4cc(C(C)(C)C)ccc43)c2O)[C@H]1OC. The van der Waals surface area contributed by atoms with Crippen LogP contribution in [0.3, 0.4) is 0 Å². The summed E-state index contributed by atoms with van der Waals surface area (Å²) in [5, 5.41) is 30.0. The Morgan fingerprint density at radius 3 is 0.891 bits per heavy atom. The number of phenols is 2. The fourth-order valence-corrected chi connectivity index (χ4v) is 10.4. The van der Waals surface area contributed by atoms with Gasteiger partial charge in [-0.25, -0.2) is 0 Å². The number of methoxy groups -OCH3 is 2. The van der Waals surface area contributed by atoms with Crippen molar-refractivity contribution < 1.29 is 19.7 Å². The van der Waals surface area contributed by atoms with Crippen LogP contribution in [-0.4, -0.2) is 45.8 Å². The van der Waals surface area contributed by atoms with Crippen molar-refractivity contribution in [3.63, 3.8) is 0 Å². The van der Waals surface area contributed by atoms with Crippen molar-refractivity contribution in [2.24, 2.45) is 0 Å². The molecule has 6 heteroatoms. The number of ether oxygens (including phenoxy) is 2. The molecule has 2 unspecified atom stereocenters. The standard InChI is InChI=1S/C58H66N2O4/c1-55(2,3)33-21-25-43-39(29-33)40-30-34(56(4,5)6)22-26-44(40)59(43)47-19-15-17-37(51(47)61)49-50(54(64-14)53(49)63-13)38-18-16-20-48(52(38)62)60-45-27-23-35(57(7,8)9)31-41(45)42-32-36(58(10,11)12)24-28-46(42)60/h15-32,49-50,53-54,61-62H,1-14H3/t49?,50?,53-,54-/m1/s1. The number of nitrogens with zero attached hydrogens (tertiary/aromatic N) is 2. The molecule has 0 spiro atoms. The van der Waals surface area contributed by atoms with Gasteiger partial charge in [-0.15, -0.1) is 0 Å². The molecule has 4 atom stereocenters. The van der Waals surface area contributed by atoms with Crippen molar-refractivity contribution in [2.45, 2.75) is 129 Å². The van der Waals surface area contributed by atoms with E-state index in [1.807, 2.05) is 36.4 Å². The van der Waals surface area contributed by atoms with Crippen LogP contribution in [0.2, 0.25) is 0 Å². The quantitative estimate of drug-likeness (QED) is 0.175. The van der Waals surface area contributed by atoms with Crippen molar-refractivity contribution >= 4 is 43.6 Å². The van der Waals surface area contributed by atoms with Gasteiger partial charge in [0.1, 0.15) is 11.5 Å². The molecule has 2 heterocycles. The fraction of sp³-hybridized carbons (Fsp3) is 0.379. The van der Waals surface area contributed by atoms with Gasteiger partial charge in [-0.05, 0) is 105 Å². The van der Waals surface area contributed by atoms with Crippen LogP contribution in [0, 0.1) is 0 Å². The Morgan fingerprint density at radius 2 is 0.656 bits per heavy atom. The molecule has 0 aliphatic heterocycles. The molecule has 8 aromatic rings. The van der Waals surface area contributed by atoms with E-state index in [-0.39, 0.29) is 57.2 Å². The number of aromatic hydroxyl groups is 2. The van der Waals surface area contributed by atoms with Crippen LogP contribution in [0.25, 0.3) is 55.0 Å². The Balaban J connectivity index is 1.22. The zero-order valence-corrected chi connectivity index (χ0v) is 40.3. The summed E-state index contributed by atoms with van der Waals surface area (Å²) in [6.45, 7) is 27.0. The normalized spacial score (nSPS) is 18.7. The maximum absolute atomic E-state index is 12.7. The Labute approximate surface area is 379 Å². The van der Waals surface area contributed by atoms with E-state index in [4.69, 9.17) is 9.47 Å². The molecule has 0 radical (unpaired) electrons. The predicted octanol–water partition coefficient (Wildman–Crippen LogP) is 14.4. The smallest absolute Gasteiger partial charge is 0.143 e. The number of para-hydroxylation sites is 2. The highest BCUT2D eigenvalue weighted by molar-refractivity contribution is 6.11. The molecule has 9 rings (SSSR count). The van der Waals surface area contributed by atoms with Crippen LogP contribution in [0.1, 0.15) is 128 Å². The maximum atomic E-state index is 12.7. The molecule has 2 aromatic heterocycles. The summed E-state index contributed by atoms with van der Waals surface area (Å²) in [6.07, 6.45) is -0.748.